The van der Waals surface area contributed by atoms with E-state index in [0.29, 0.717) is 31.7 Å². The lowest BCUT2D eigenvalue weighted by Gasteiger charge is -2.34. The first-order valence-corrected chi connectivity index (χ1v) is 10.5. The highest BCUT2D eigenvalue weighted by Crippen LogP contribution is 2.21. The summed E-state index contributed by atoms with van der Waals surface area (Å²) >= 11 is 0. The zero-order chi connectivity index (χ0) is 19.2. The highest BCUT2D eigenvalue weighted by Gasteiger charge is 2.32. The maximum Gasteiger partial charge on any atom is 0.251 e. The average Bonchev–Trinajstić information content (AvgIpc) is 2.60. The molecule has 0 aliphatic carbocycles. The van der Waals surface area contributed by atoms with E-state index in [0.717, 1.165) is 13.0 Å². The molecule has 0 aromatic heterocycles. The number of benzene rings is 1. The van der Waals surface area contributed by atoms with Gasteiger partial charge in [-0.3, -0.25) is 4.79 Å². The molecule has 0 radical (unpaired) electrons. The fourth-order valence-corrected chi connectivity index (χ4v) is 4.51. The zero-order valence-corrected chi connectivity index (χ0v) is 17.7. The molecule has 7 nitrogen and oxygen atoms in total. The van der Waals surface area contributed by atoms with Gasteiger partial charge in [-0.25, -0.2) is 8.42 Å². The molecule has 2 rings (SSSR count). The summed E-state index contributed by atoms with van der Waals surface area (Å²) in [5.74, 6) is -0.208. The monoisotopic (exact) mass is 419 g/mol. The number of morpholine rings is 1. The number of sulfonamides is 1. The van der Waals surface area contributed by atoms with Crippen LogP contribution in [0.4, 0.5) is 0 Å². The summed E-state index contributed by atoms with van der Waals surface area (Å²) in [5.41, 5.74) is 0.447. The molecule has 2 atom stereocenters. The van der Waals surface area contributed by atoms with Gasteiger partial charge in [0.15, 0.2) is 0 Å². The Morgan fingerprint density at radius 3 is 2.26 bits per heavy atom. The number of halogens is 1. The van der Waals surface area contributed by atoms with Gasteiger partial charge in [0.05, 0.1) is 17.1 Å². The van der Waals surface area contributed by atoms with Crippen LogP contribution in [0.15, 0.2) is 29.2 Å². The van der Waals surface area contributed by atoms with Crippen molar-refractivity contribution in [2.45, 2.75) is 44.3 Å². The van der Waals surface area contributed by atoms with Gasteiger partial charge >= 0.3 is 0 Å². The van der Waals surface area contributed by atoms with Gasteiger partial charge in [0.2, 0.25) is 10.0 Å². The van der Waals surface area contributed by atoms with Gasteiger partial charge in [-0.15, -0.1) is 12.4 Å². The van der Waals surface area contributed by atoms with Crippen molar-refractivity contribution in [1.82, 2.24) is 14.9 Å². The van der Waals surface area contributed by atoms with Gasteiger partial charge in [-0.2, -0.15) is 4.31 Å². The molecule has 1 heterocycles. The molecule has 154 valence electrons. The van der Waals surface area contributed by atoms with E-state index in [1.54, 1.807) is 12.1 Å². The quantitative estimate of drug-likeness (QED) is 0.625. The lowest BCUT2D eigenvalue weighted by Crippen LogP contribution is -2.48. The first-order chi connectivity index (χ1) is 12.3. The Balaban J connectivity index is 0.00000364. The Bertz CT molecular complexity index is 687. The van der Waals surface area contributed by atoms with E-state index in [9.17, 15) is 13.2 Å². The SMILES string of the molecule is CCCNCCNC(=O)c1ccc(S(=O)(=O)N2CC(C)OC(C)C2)cc1.Cl. The van der Waals surface area contributed by atoms with Crippen LogP contribution in [-0.2, 0) is 14.8 Å². The smallest absolute Gasteiger partial charge is 0.251 e. The van der Waals surface area contributed by atoms with Gasteiger partial charge in [-0.05, 0) is 51.1 Å². The summed E-state index contributed by atoms with van der Waals surface area (Å²) in [4.78, 5) is 12.3. The summed E-state index contributed by atoms with van der Waals surface area (Å²) in [5, 5.41) is 6.02. The Morgan fingerprint density at radius 2 is 1.70 bits per heavy atom. The minimum atomic E-state index is -3.59. The predicted molar refractivity (Wildman–Crippen MR) is 108 cm³/mol. The minimum Gasteiger partial charge on any atom is -0.373 e. The van der Waals surface area contributed by atoms with Crippen LogP contribution in [-0.4, -0.2) is 63.6 Å². The van der Waals surface area contributed by atoms with E-state index >= 15 is 0 Å². The summed E-state index contributed by atoms with van der Waals surface area (Å²) in [7, 11) is -3.59. The van der Waals surface area contributed by atoms with E-state index < -0.39 is 10.0 Å². The fraction of sp³-hybridized carbons (Fsp3) is 0.611. The fourth-order valence-electron chi connectivity index (χ4n) is 2.92. The highest BCUT2D eigenvalue weighted by atomic mass is 35.5. The van der Waals surface area contributed by atoms with E-state index in [2.05, 4.69) is 17.6 Å². The molecule has 0 saturated carbocycles. The Kier molecular flexibility index (Phi) is 9.69. The molecule has 1 saturated heterocycles. The molecule has 1 aromatic carbocycles. The van der Waals surface area contributed by atoms with E-state index in [1.165, 1.54) is 16.4 Å². The van der Waals surface area contributed by atoms with Gasteiger partial charge in [0, 0.05) is 31.7 Å². The van der Waals surface area contributed by atoms with E-state index in [-0.39, 0.29) is 35.4 Å². The molecule has 9 heteroatoms. The first kappa shape index (κ1) is 23.8. The predicted octanol–water partition coefficient (Wildman–Crippen LogP) is 1.64. The van der Waals surface area contributed by atoms with Crippen LogP contribution >= 0.6 is 12.4 Å². The van der Waals surface area contributed by atoms with Crippen molar-refractivity contribution in [2.75, 3.05) is 32.7 Å². The summed E-state index contributed by atoms with van der Waals surface area (Å²) in [6.45, 7) is 8.63. The van der Waals surface area contributed by atoms with Crippen LogP contribution in [0.5, 0.6) is 0 Å². The van der Waals surface area contributed by atoms with Crippen LogP contribution in [0.1, 0.15) is 37.6 Å². The van der Waals surface area contributed by atoms with Crippen molar-refractivity contribution in [1.29, 1.82) is 0 Å². The summed E-state index contributed by atoms with van der Waals surface area (Å²) in [6.07, 6.45) is 0.768. The number of hydrogen-bond acceptors (Lipinski definition) is 5. The molecule has 27 heavy (non-hydrogen) atoms. The standard InChI is InChI=1S/C18H29N3O4S.ClH/c1-4-9-19-10-11-20-18(22)16-5-7-17(8-6-16)26(23,24)21-12-14(2)25-15(3)13-21;/h5-8,14-15,19H,4,9-13H2,1-3H3,(H,20,22);1H. The number of carbonyl (C=O) groups is 1. The minimum absolute atomic E-state index is 0. The molecule has 1 fully saturated rings. The molecule has 0 bridgehead atoms. The van der Waals surface area contributed by atoms with Crippen molar-refractivity contribution < 1.29 is 17.9 Å². The first-order valence-electron chi connectivity index (χ1n) is 9.09. The second kappa shape index (κ2) is 11.0. The summed E-state index contributed by atoms with van der Waals surface area (Å²) < 4.78 is 32.6. The molecular formula is C18H30ClN3O4S. The molecule has 1 amide bonds. The highest BCUT2D eigenvalue weighted by molar-refractivity contribution is 7.89. The molecule has 2 unspecified atom stereocenters. The van der Waals surface area contributed by atoms with Crippen molar-refractivity contribution in [3.63, 3.8) is 0 Å². The van der Waals surface area contributed by atoms with Crippen LogP contribution in [0.25, 0.3) is 0 Å². The molecule has 1 aromatic rings. The van der Waals surface area contributed by atoms with E-state index in [4.69, 9.17) is 4.74 Å². The topological polar surface area (TPSA) is 87.7 Å². The second-order valence-electron chi connectivity index (χ2n) is 6.61. The molecule has 0 spiro atoms. The Labute approximate surface area is 168 Å². The number of carbonyl (C=O) groups excluding carboxylic acids is 1. The van der Waals surface area contributed by atoms with E-state index in [1.807, 2.05) is 13.8 Å². The number of ether oxygens (including phenoxy) is 1. The van der Waals surface area contributed by atoms with Crippen LogP contribution in [0, 0.1) is 0 Å². The van der Waals surface area contributed by atoms with Crippen molar-refractivity contribution in [3.05, 3.63) is 29.8 Å². The van der Waals surface area contributed by atoms with Gasteiger partial charge in [-0.1, -0.05) is 6.92 Å². The van der Waals surface area contributed by atoms with Crippen LogP contribution < -0.4 is 10.6 Å². The second-order valence-corrected chi connectivity index (χ2v) is 8.55. The van der Waals surface area contributed by atoms with Gasteiger partial charge in [0.1, 0.15) is 0 Å². The van der Waals surface area contributed by atoms with Gasteiger partial charge in [0.25, 0.3) is 5.91 Å². The zero-order valence-electron chi connectivity index (χ0n) is 16.1. The number of rotatable bonds is 8. The number of nitrogens with zero attached hydrogens (tertiary/aromatic N) is 1. The third kappa shape index (κ3) is 6.73. The maximum atomic E-state index is 12.8. The molecule has 1 aliphatic rings. The number of amides is 1. The lowest BCUT2D eigenvalue weighted by atomic mass is 10.2. The normalized spacial score (nSPS) is 20.7. The third-order valence-electron chi connectivity index (χ3n) is 4.15. The van der Waals surface area contributed by atoms with Crippen LogP contribution in [0.3, 0.4) is 0 Å². The Hall–Kier alpha value is -1.19. The van der Waals surface area contributed by atoms with Crippen molar-refractivity contribution >= 4 is 28.3 Å². The van der Waals surface area contributed by atoms with Crippen molar-refractivity contribution in [3.8, 4) is 0 Å². The molecule has 1 aliphatic heterocycles. The maximum absolute atomic E-state index is 12.8. The van der Waals surface area contributed by atoms with Crippen molar-refractivity contribution in [2.24, 2.45) is 0 Å². The number of nitrogens with one attached hydrogen (secondary N) is 2. The largest absolute Gasteiger partial charge is 0.373 e. The molecule has 2 N–H and O–H groups in total. The third-order valence-corrected chi connectivity index (χ3v) is 6.00. The average molecular weight is 420 g/mol. The molecular weight excluding hydrogens is 390 g/mol. The Morgan fingerprint density at radius 1 is 1.11 bits per heavy atom. The van der Waals surface area contributed by atoms with Crippen LogP contribution in [0.2, 0.25) is 0 Å². The van der Waals surface area contributed by atoms with Gasteiger partial charge < -0.3 is 15.4 Å². The number of hydrogen-bond donors (Lipinski definition) is 2. The lowest BCUT2D eigenvalue weighted by molar-refractivity contribution is -0.0440. The summed E-state index contributed by atoms with van der Waals surface area (Å²) in [6, 6.07) is 6.08.